The number of aromatic nitrogens is 5. The maximum atomic E-state index is 12.9. The van der Waals surface area contributed by atoms with Crippen LogP contribution in [0.3, 0.4) is 0 Å². The normalized spacial score (nSPS) is 13.8. The molecule has 210 valence electrons. The van der Waals surface area contributed by atoms with Gasteiger partial charge in [0.1, 0.15) is 24.5 Å². The van der Waals surface area contributed by atoms with Crippen LogP contribution in [0.25, 0.3) is 11.1 Å². The highest BCUT2D eigenvalue weighted by molar-refractivity contribution is 9.10. The third-order valence-electron chi connectivity index (χ3n) is 6.30. The number of rotatable bonds is 9. The van der Waals surface area contributed by atoms with E-state index in [4.69, 9.17) is 19.4 Å². The minimum Gasteiger partial charge on any atom is -0.476 e. The SMILES string of the molecule is CCOc1nc(N2CCOCC2)c(-c2cnn(C)c2)cc1Nc1ncc(Br)c(Nc2ccccc2P(C)(C)=O)n1. The molecule has 4 heterocycles. The van der Waals surface area contributed by atoms with Gasteiger partial charge in [-0.1, -0.05) is 12.1 Å². The zero-order chi connectivity index (χ0) is 28.3. The van der Waals surface area contributed by atoms with Crippen molar-refractivity contribution in [3.63, 3.8) is 0 Å². The predicted octanol–water partition coefficient (Wildman–Crippen LogP) is 5.01. The number of nitrogens with one attached hydrogen (secondary N) is 2. The summed E-state index contributed by atoms with van der Waals surface area (Å²) in [5.41, 5.74) is 3.19. The van der Waals surface area contributed by atoms with Crippen LogP contribution in [0.4, 0.5) is 29.0 Å². The Morgan fingerprint density at radius 1 is 1.10 bits per heavy atom. The van der Waals surface area contributed by atoms with Gasteiger partial charge in [0.15, 0.2) is 0 Å². The molecule has 1 aliphatic heterocycles. The van der Waals surface area contributed by atoms with Crippen LogP contribution in [0.2, 0.25) is 0 Å². The Labute approximate surface area is 241 Å². The number of hydrogen-bond donors (Lipinski definition) is 2. The first kappa shape index (κ1) is 28.1. The lowest BCUT2D eigenvalue weighted by Gasteiger charge is -2.30. The Hall–Kier alpha value is -3.47. The number of anilines is 5. The van der Waals surface area contributed by atoms with Crippen LogP contribution in [0, 0.1) is 0 Å². The molecule has 0 radical (unpaired) electrons. The summed E-state index contributed by atoms with van der Waals surface area (Å²) in [5.74, 6) is 2.13. The van der Waals surface area contributed by atoms with Gasteiger partial charge in [-0.3, -0.25) is 4.68 Å². The Balaban J connectivity index is 1.53. The molecule has 1 saturated heterocycles. The van der Waals surface area contributed by atoms with Gasteiger partial charge in [0.05, 0.1) is 36.2 Å². The second-order valence-corrected chi connectivity index (χ2v) is 13.7. The van der Waals surface area contributed by atoms with E-state index >= 15 is 0 Å². The van der Waals surface area contributed by atoms with Crippen molar-refractivity contribution in [3.8, 4) is 17.0 Å². The van der Waals surface area contributed by atoms with Gasteiger partial charge in [-0.05, 0) is 54.4 Å². The fourth-order valence-electron chi connectivity index (χ4n) is 4.42. The van der Waals surface area contributed by atoms with E-state index in [0.717, 1.165) is 41.0 Å². The molecule has 40 heavy (non-hydrogen) atoms. The Kier molecular flexibility index (Phi) is 8.39. The van der Waals surface area contributed by atoms with Crippen LogP contribution in [0.5, 0.6) is 5.88 Å². The number of aryl methyl sites for hydroxylation is 1. The average Bonchev–Trinajstić information content (AvgIpc) is 3.37. The number of benzene rings is 1. The van der Waals surface area contributed by atoms with Crippen molar-refractivity contribution in [2.75, 3.05) is 61.8 Å². The number of halogens is 1. The molecule has 3 aromatic heterocycles. The Morgan fingerprint density at radius 2 is 1.88 bits per heavy atom. The quantitative estimate of drug-likeness (QED) is 0.245. The summed E-state index contributed by atoms with van der Waals surface area (Å²) in [6.45, 7) is 8.59. The third kappa shape index (κ3) is 6.29. The number of morpholine rings is 1. The van der Waals surface area contributed by atoms with Crippen LogP contribution < -0.4 is 25.6 Å². The standard InChI is InChI=1S/C27H32BrN8O3P/c1-5-39-26-22(14-19(18-15-30-35(2)17-18)25(34-26)36-10-12-38-13-11-36)32-27-29-16-20(28)24(33-27)31-21-8-6-7-9-23(21)40(3,4)37/h6-9,14-17H,5,10-13H2,1-4H3,(H2,29,31,32,33). The zero-order valence-electron chi connectivity index (χ0n) is 22.9. The molecule has 5 rings (SSSR count). The first-order valence-corrected chi connectivity index (χ1v) is 16.3. The van der Waals surface area contributed by atoms with Gasteiger partial charge in [0.25, 0.3) is 0 Å². The summed E-state index contributed by atoms with van der Waals surface area (Å²) in [5, 5.41) is 11.7. The van der Waals surface area contributed by atoms with Crippen LogP contribution in [0.15, 0.2) is 53.4 Å². The summed E-state index contributed by atoms with van der Waals surface area (Å²) in [6, 6.07) is 9.53. The van der Waals surface area contributed by atoms with Gasteiger partial charge >= 0.3 is 0 Å². The molecule has 1 aliphatic rings. The van der Waals surface area contributed by atoms with Gasteiger partial charge in [0, 0.05) is 49.0 Å². The van der Waals surface area contributed by atoms with Gasteiger partial charge in [-0.25, -0.2) is 4.98 Å². The molecule has 0 bridgehead atoms. The topological polar surface area (TPSA) is 119 Å². The van der Waals surface area contributed by atoms with E-state index in [9.17, 15) is 4.57 Å². The highest BCUT2D eigenvalue weighted by Crippen LogP contribution is 2.40. The second kappa shape index (κ2) is 12.0. The molecule has 4 aromatic rings. The lowest BCUT2D eigenvalue weighted by molar-refractivity contribution is 0.122. The van der Waals surface area contributed by atoms with Crippen LogP contribution in [-0.2, 0) is 16.3 Å². The van der Waals surface area contributed by atoms with Crippen molar-refractivity contribution in [1.82, 2.24) is 24.7 Å². The summed E-state index contributed by atoms with van der Waals surface area (Å²) in [7, 11) is -0.633. The number of ether oxygens (including phenoxy) is 2. The number of hydrogen-bond acceptors (Lipinski definition) is 10. The molecule has 11 nitrogen and oxygen atoms in total. The fourth-order valence-corrected chi connectivity index (χ4v) is 5.87. The molecule has 13 heteroatoms. The van der Waals surface area contributed by atoms with E-state index in [1.165, 1.54) is 0 Å². The molecule has 0 atom stereocenters. The molecular formula is C27H32BrN8O3P. The largest absolute Gasteiger partial charge is 0.476 e. The first-order chi connectivity index (χ1) is 19.2. The van der Waals surface area contributed by atoms with Crippen molar-refractivity contribution in [2.45, 2.75) is 6.92 Å². The maximum absolute atomic E-state index is 12.9. The Bertz CT molecular complexity index is 1550. The molecule has 0 saturated carbocycles. The molecular weight excluding hydrogens is 595 g/mol. The number of para-hydroxylation sites is 1. The van der Waals surface area contributed by atoms with Crippen LogP contribution in [-0.4, -0.2) is 71.0 Å². The molecule has 2 N–H and O–H groups in total. The van der Waals surface area contributed by atoms with Gasteiger partial charge in [0.2, 0.25) is 11.8 Å². The molecule has 0 amide bonds. The van der Waals surface area contributed by atoms with Crippen molar-refractivity contribution in [1.29, 1.82) is 0 Å². The lowest BCUT2D eigenvalue weighted by Crippen LogP contribution is -2.37. The third-order valence-corrected chi connectivity index (χ3v) is 8.43. The van der Waals surface area contributed by atoms with Crippen molar-refractivity contribution >= 4 is 57.3 Å². The molecule has 1 fully saturated rings. The monoisotopic (exact) mass is 626 g/mol. The van der Waals surface area contributed by atoms with E-state index in [1.807, 2.05) is 56.7 Å². The van der Waals surface area contributed by atoms with E-state index < -0.39 is 7.14 Å². The number of pyridine rings is 1. The predicted molar refractivity (Wildman–Crippen MR) is 162 cm³/mol. The van der Waals surface area contributed by atoms with Crippen molar-refractivity contribution in [2.24, 2.45) is 7.05 Å². The van der Waals surface area contributed by atoms with E-state index in [0.29, 0.717) is 47.6 Å². The molecule has 0 aliphatic carbocycles. The minimum atomic E-state index is -2.52. The second-order valence-electron chi connectivity index (χ2n) is 9.66. The average molecular weight is 627 g/mol. The van der Waals surface area contributed by atoms with Gasteiger partial charge in [-0.15, -0.1) is 0 Å². The summed E-state index contributed by atoms with van der Waals surface area (Å²) in [4.78, 5) is 16.3. The highest BCUT2D eigenvalue weighted by Gasteiger charge is 2.23. The molecule has 1 aromatic carbocycles. The molecule has 0 spiro atoms. The van der Waals surface area contributed by atoms with Crippen molar-refractivity contribution < 1.29 is 14.0 Å². The van der Waals surface area contributed by atoms with Gasteiger partial charge in [-0.2, -0.15) is 15.1 Å². The zero-order valence-corrected chi connectivity index (χ0v) is 25.4. The van der Waals surface area contributed by atoms with Crippen LogP contribution in [0.1, 0.15) is 6.92 Å². The first-order valence-electron chi connectivity index (χ1n) is 12.9. The van der Waals surface area contributed by atoms with E-state index in [1.54, 1.807) is 24.2 Å². The minimum absolute atomic E-state index is 0.346. The summed E-state index contributed by atoms with van der Waals surface area (Å²) >= 11 is 3.54. The number of nitrogens with zero attached hydrogens (tertiary/aromatic N) is 6. The fraction of sp³-hybridized carbons (Fsp3) is 0.333. The van der Waals surface area contributed by atoms with Gasteiger partial charge < -0.3 is 29.6 Å². The van der Waals surface area contributed by atoms with E-state index in [2.05, 4.69) is 41.5 Å². The molecule has 0 unspecified atom stereocenters. The lowest BCUT2D eigenvalue weighted by atomic mass is 10.1. The summed E-state index contributed by atoms with van der Waals surface area (Å²) in [6.07, 6.45) is 5.44. The van der Waals surface area contributed by atoms with E-state index in [-0.39, 0.29) is 0 Å². The maximum Gasteiger partial charge on any atom is 0.239 e. The smallest absolute Gasteiger partial charge is 0.239 e. The Morgan fingerprint density at radius 3 is 2.58 bits per heavy atom. The highest BCUT2D eigenvalue weighted by atomic mass is 79.9. The van der Waals surface area contributed by atoms with Crippen LogP contribution >= 0.6 is 23.1 Å². The van der Waals surface area contributed by atoms with Crippen molar-refractivity contribution in [3.05, 3.63) is 53.4 Å². The summed E-state index contributed by atoms with van der Waals surface area (Å²) < 4.78 is 26.9.